The van der Waals surface area contributed by atoms with Crippen LogP contribution in [0.3, 0.4) is 0 Å². The van der Waals surface area contributed by atoms with Crippen LogP contribution in [0, 0.1) is 6.92 Å². The summed E-state index contributed by atoms with van der Waals surface area (Å²) < 4.78 is 5.22. The maximum absolute atomic E-state index is 12.4. The Labute approximate surface area is 158 Å². The van der Waals surface area contributed by atoms with Gasteiger partial charge in [0.15, 0.2) is 0 Å². The number of carbonyl (C=O) groups is 3. The molecular formula is C19H26N2O4S. The Morgan fingerprint density at radius 1 is 1.27 bits per heavy atom. The Morgan fingerprint density at radius 3 is 2.54 bits per heavy atom. The molecule has 1 N–H and O–H groups in total. The number of ether oxygens (including phenoxy) is 1. The highest BCUT2D eigenvalue weighted by Crippen LogP contribution is 2.20. The van der Waals surface area contributed by atoms with Crippen LogP contribution in [0.25, 0.3) is 0 Å². The molecule has 1 aliphatic rings. The summed E-state index contributed by atoms with van der Waals surface area (Å²) in [6.45, 7) is 6.65. The normalized spacial score (nSPS) is 15.2. The molecule has 0 aromatic heterocycles. The monoisotopic (exact) mass is 378 g/mol. The first-order chi connectivity index (χ1) is 12.3. The van der Waals surface area contributed by atoms with E-state index in [0.29, 0.717) is 13.1 Å². The number of benzene rings is 1. The summed E-state index contributed by atoms with van der Waals surface area (Å²) in [5.41, 5.74) is 1.96. The Bertz CT molecular complexity index is 645. The van der Waals surface area contributed by atoms with Crippen molar-refractivity contribution in [3.8, 4) is 0 Å². The molecule has 2 amide bonds. The lowest BCUT2D eigenvalue weighted by Crippen LogP contribution is -2.34. The molecule has 7 heteroatoms. The predicted molar refractivity (Wildman–Crippen MR) is 102 cm³/mol. The minimum absolute atomic E-state index is 0.0217. The van der Waals surface area contributed by atoms with Crippen LogP contribution in [0.5, 0.6) is 0 Å². The van der Waals surface area contributed by atoms with E-state index >= 15 is 0 Å². The lowest BCUT2D eigenvalue weighted by atomic mass is 10.0. The second-order valence-electron chi connectivity index (χ2n) is 6.62. The fourth-order valence-corrected chi connectivity index (χ4v) is 3.51. The molecule has 0 bridgehead atoms. The van der Waals surface area contributed by atoms with Gasteiger partial charge in [0.05, 0.1) is 18.6 Å². The van der Waals surface area contributed by atoms with E-state index < -0.39 is 6.04 Å². The minimum Gasteiger partial charge on any atom is -0.463 e. The van der Waals surface area contributed by atoms with Crippen LogP contribution in [0.1, 0.15) is 43.9 Å². The topological polar surface area (TPSA) is 75.7 Å². The van der Waals surface area contributed by atoms with Gasteiger partial charge in [0.2, 0.25) is 5.91 Å². The molecule has 0 spiro atoms. The quantitative estimate of drug-likeness (QED) is 0.704. The molecule has 0 aliphatic carbocycles. The van der Waals surface area contributed by atoms with Crippen molar-refractivity contribution >= 4 is 28.9 Å². The van der Waals surface area contributed by atoms with Crippen molar-refractivity contribution in [2.24, 2.45) is 0 Å². The third-order valence-electron chi connectivity index (χ3n) is 4.01. The summed E-state index contributed by atoms with van der Waals surface area (Å²) >= 11 is 1.28. The molecule has 6 nitrogen and oxygen atoms in total. The number of amides is 2. The van der Waals surface area contributed by atoms with Gasteiger partial charge in [-0.05, 0) is 26.3 Å². The zero-order chi connectivity index (χ0) is 19.1. The summed E-state index contributed by atoms with van der Waals surface area (Å²) in [6, 6.07) is 7.26. The van der Waals surface area contributed by atoms with Gasteiger partial charge in [0.25, 0.3) is 5.24 Å². The van der Waals surface area contributed by atoms with Crippen LogP contribution in [-0.2, 0) is 14.3 Å². The lowest BCUT2D eigenvalue weighted by molar-refractivity contribution is -0.148. The average Bonchev–Trinajstić information content (AvgIpc) is 2.97. The highest BCUT2D eigenvalue weighted by Gasteiger charge is 2.23. The first-order valence-corrected chi connectivity index (χ1v) is 9.81. The fourth-order valence-electron chi connectivity index (χ4n) is 2.66. The molecule has 0 unspecified atom stereocenters. The Kier molecular flexibility index (Phi) is 7.50. The average molecular weight is 378 g/mol. The second kappa shape index (κ2) is 9.62. The number of esters is 1. The molecule has 1 aromatic carbocycles. The van der Waals surface area contributed by atoms with E-state index in [-0.39, 0.29) is 36.1 Å². The van der Waals surface area contributed by atoms with Crippen LogP contribution < -0.4 is 5.32 Å². The van der Waals surface area contributed by atoms with Gasteiger partial charge in [-0.25, -0.2) is 0 Å². The molecular weight excluding hydrogens is 352 g/mol. The first kappa shape index (κ1) is 20.3. The molecule has 2 rings (SSSR count). The number of nitrogens with zero attached hydrogens (tertiary/aromatic N) is 1. The van der Waals surface area contributed by atoms with E-state index in [9.17, 15) is 14.4 Å². The number of nitrogens with one attached hydrogen (secondary N) is 1. The SMILES string of the molecule is Cc1ccc([C@H](CC(=O)OC(C)C)NC(=O)CCN2CCSC2=O)cc1. The maximum atomic E-state index is 12.4. The Morgan fingerprint density at radius 2 is 1.96 bits per heavy atom. The second-order valence-corrected chi connectivity index (χ2v) is 7.67. The number of aryl methyl sites for hydroxylation is 1. The van der Waals surface area contributed by atoms with E-state index in [1.807, 2.05) is 31.2 Å². The number of rotatable bonds is 8. The van der Waals surface area contributed by atoms with E-state index in [1.165, 1.54) is 11.8 Å². The highest BCUT2D eigenvalue weighted by molar-refractivity contribution is 8.13. The molecule has 1 aliphatic heterocycles. The van der Waals surface area contributed by atoms with E-state index in [2.05, 4.69) is 5.32 Å². The first-order valence-electron chi connectivity index (χ1n) is 8.82. The van der Waals surface area contributed by atoms with Crippen molar-refractivity contribution in [1.29, 1.82) is 0 Å². The van der Waals surface area contributed by atoms with Gasteiger partial charge >= 0.3 is 5.97 Å². The molecule has 1 saturated heterocycles. The van der Waals surface area contributed by atoms with Crippen LogP contribution >= 0.6 is 11.8 Å². The lowest BCUT2D eigenvalue weighted by Gasteiger charge is -2.21. The van der Waals surface area contributed by atoms with Crippen molar-refractivity contribution in [1.82, 2.24) is 10.2 Å². The summed E-state index contributed by atoms with van der Waals surface area (Å²) in [5, 5.41) is 2.93. The van der Waals surface area contributed by atoms with Gasteiger partial charge in [-0.15, -0.1) is 0 Å². The highest BCUT2D eigenvalue weighted by atomic mass is 32.2. The van der Waals surface area contributed by atoms with Crippen molar-refractivity contribution in [3.63, 3.8) is 0 Å². The van der Waals surface area contributed by atoms with Crippen molar-refractivity contribution in [3.05, 3.63) is 35.4 Å². The third kappa shape index (κ3) is 6.37. The molecule has 1 fully saturated rings. The van der Waals surface area contributed by atoms with Crippen molar-refractivity contribution in [2.45, 2.75) is 45.8 Å². The Hall–Kier alpha value is -2.02. The minimum atomic E-state index is -0.446. The molecule has 0 radical (unpaired) electrons. The van der Waals surface area contributed by atoms with Gasteiger partial charge < -0.3 is 15.0 Å². The third-order valence-corrected chi connectivity index (χ3v) is 4.90. The summed E-state index contributed by atoms with van der Waals surface area (Å²) in [4.78, 5) is 37.7. The molecule has 1 atom stereocenters. The van der Waals surface area contributed by atoms with Gasteiger partial charge in [-0.2, -0.15) is 0 Å². The smallest absolute Gasteiger partial charge is 0.308 e. The summed E-state index contributed by atoms with van der Waals surface area (Å²) in [7, 11) is 0. The molecule has 26 heavy (non-hydrogen) atoms. The summed E-state index contributed by atoms with van der Waals surface area (Å²) in [5.74, 6) is 0.239. The number of hydrogen-bond donors (Lipinski definition) is 1. The molecule has 142 valence electrons. The van der Waals surface area contributed by atoms with Crippen molar-refractivity contribution in [2.75, 3.05) is 18.8 Å². The van der Waals surface area contributed by atoms with Gasteiger partial charge in [0, 0.05) is 25.3 Å². The largest absolute Gasteiger partial charge is 0.463 e. The zero-order valence-electron chi connectivity index (χ0n) is 15.5. The van der Waals surface area contributed by atoms with Gasteiger partial charge in [-0.1, -0.05) is 41.6 Å². The Balaban J connectivity index is 1.97. The predicted octanol–water partition coefficient (Wildman–Crippen LogP) is 3.05. The zero-order valence-corrected chi connectivity index (χ0v) is 16.3. The fraction of sp³-hybridized carbons (Fsp3) is 0.526. The van der Waals surface area contributed by atoms with Crippen molar-refractivity contribution < 1.29 is 19.1 Å². The number of thioether (sulfide) groups is 1. The number of hydrogen-bond acceptors (Lipinski definition) is 5. The molecule has 1 aromatic rings. The molecule has 1 heterocycles. The van der Waals surface area contributed by atoms with E-state index in [0.717, 1.165) is 16.9 Å². The van der Waals surface area contributed by atoms with Crippen LogP contribution in [0.4, 0.5) is 4.79 Å². The van der Waals surface area contributed by atoms with Gasteiger partial charge in [0.1, 0.15) is 0 Å². The van der Waals surface area contributed by atoms with Crippen LogP contribution in [0.2, 0.25) is 0 Å². The standard InChI is InChI=1S/C19H26N2O4S/c1-13(2)25-18(23)12-16(15-6-4-14(3)5-7-15)20-17(22)8-9-21-10-11-26-19(21)24/h4-7,13,16H,8-12H2,1-3H3,(H,20,22)/t16-/m0/s1. The van der Waals surface area contributed by atoms with Gasteiger partial charge in [-0.3, -0.25) is 14.4 Å². The van der Waals surface area contributed by atoms with E-state index in [1.54, 1.807) is 18.7 Å². The molecule has 0 saturated carbocycles. The maximum Gasteiger partial charge on any atom is 0.308 e. The number of carbonyl (C=O) groups excluding carboxylic acids is 3. The van der Waals surface area contributed by atoms with Crippen LogP contribution in [-0.4, -0.2) is 47.0 Å². The van der Waals surface area contributed by atoms with Crippen LogP contribution in [0.15, 0.2) is 24.3 Å². The van der Waals surface area contributed by atoms with E-state index in [4.69, 9.17) is 4.74 Å². The summed E-state index contributed by atoms with van der Waals surface area (Å²) in [6.07, 6.45) is 0.0925.